The molecule has 2 heterocycles. The van der Waals surface area contributed by atoms with Crippen molar-refractivity contribution in [1.29, 1.82) is 0 Å². The minimum absolute atomic E-state index is 0.198. The van der Waals surface area contributed by atoms with E-state index in [1.54, 1.807) is 36.4 Å². The van der Waals surface area contributed by atoms with Crippen molar-refractivity contribution >= 4 is 22.6 Å². The summed E-state index contributed by atoms with van der Waals surface area (Å²) in [6, 6.07) is 13.6. The zero-order chi connectivity index (χ0) is 19.5. The van der Waals surface area contributed by atoms with Gasteiger partial charge in [0, 0.05) is 23.2 Å². The maximum atomic E-state index is 12.2. The van der Waals surface area contributed by atoms with Crippen molar-refractivity contribution < 1.29 is 13.9 Å². The van der Waals surface area contributed by atoms with Crippen LogP contribution >= 0.6 is 0 Å². The van der Waals surface area contributed by atoms with Crippen LogP contribution in [0.3, 0.4) is 0 Å². The maximum Gasteiger partial charge on any atom is 0.336 e. The zero-order valence-electron chi connectivity index (χ0n) is 14.8. The van der Waals surface area contributed by atoms with Gasteiger partial charge in [0.15, 0.2) is 6.61 Å². The van der Waals surface area contributed by atoms with Gasteiger partial charge in [0.1, 0.15) is 17.7 Å². The van der Waals surface area contributed by atoms with Crippen molar-refractivity contribution in [2.75, 3.05) is 11.9 Å². The standard InChI is InChI=1S/C19H15N5O4/c1-12-7-19(26)28-17-9-15(5-6-16(12)17)27-10-18(25)21-13-3-2-4-14(8-13)24-11-20-22-23-24/h2-9,11H,10H2,1H3,(H,21,25). The molecule has 0 aliphatic carbocycles. The molecule has 28 heavy (non-hydrogen) atoms. The quantitative estimate of drug-likeness (QED) is 0.530. The maximum absolute atomic E-state index is 12.2. The van der Waals surface area contributed by atoms with Crippen molar-refractivity contribution in [1.82, 2.24) is 20.2 Å². The zero-order valence-corrected chi connectivity index (χ0v) is 14.8. The lowest BCUT2D eigenvalue weighted by molar-refractivity contribution is -0.118. The fraction of sp³-hybridized carbons (Fsp3) is 0.105. The van der Waals surface area contributed by atoms with Gasteiger partial charge in [0.2, 0.25) is 0 Å². The summed E-state index contributed by atoms with van der Waals surface area (Å²) < 4.78 is 12.2. The summed E-state index contributed by atoms with van der Waals surface area (Å²) in [4.78, 5) is 23.7. The highest BCUT2D eigenvalue weighted by Crippen LogP contribution is 2.22. The molecule has 4 aromatic rings. The van der Waals surface area contributed by atoms with Crippen LogP contribution in [-0.4, -0.2) is 32.7 Å². The van der Waals surface area contributed by atoms with Gasteiger partial charge in [-0.25, -0.2) is 9.48 Å². The van der Waals surface area contributed by atoms with Gasteiger partial charge in [-0.2, -0.15) is 0 Å². The first kappa shape index (κ1) is 17.4. The second-order valence-corrected chi connectivity index (χ2v) is 6.05. The van der Waals surface area contributed by atoms with Crippen molar-refractivity contribution in [2.45, 2.75) is 6.92 Å². The predicted octanol–water partition coefficient (Wildman–Crippen LogP) is 2.09. The van der Waals surface area contributed by atoms with E-state index in [0.29, 0.717) is 22.7 Å². The summed E-state index contributed by atoms with van der Waals surface area (Å²) in [6.07, 6.45) is 1.46. The Balaban J connectivity index is 1.43. The third kappa shape index (κ3) is 3.73. The summed E-state index contributed by atoms with van der Waals surface area (Å²) in [7, 11) is 0. The van der Waals surface area contributed by atoms with Crippen LogP contribution in [0.5, 0.6) is 5.75 Å². The number of anilines is 1. The molecular weight excluding hydrogens is 362 g/mol. The Labute approximate surface area is 158 Å². The van der Waals surface area contributed by atoms with Gasteiger partial charge in [-0.3, -0.25) is 4.79 Å². The number of tetrazole rings is 1. The molecule has 1 N–H and O–H groups in total. The molecule has 0 atom stereocenters. The molecule has 2 aromatic carbocycles. The van der Waals surface area contributed by atoms with Crippen LogP contribution in [0.25, 0.3) is 16.7 Å². The van der Waals surface area contributed by atoms with Gasteiger partial charge in [0.05, 0.1) is 5.69 Å². The lowest BCUT2D eigenvalue weighted by Gasteiger charge is -2.09. The Bertz CT molecular complexity index is 1200. The van der Waals surface area contributed by atoms with E-state index >= 15 is 0 Å². The molecule has 0 radical (unpaired) electrons. The Morgan fingerprint density at radius 1 is 1.21 bits per heavy atom. The van der Waals surface area contributed by atoms with Gasteiger partial charge in [-0.15, -0.1) is 5.10 Å². The summed E-state index contributed by atoms with van der Waals surface area (Å²) in [6.45, 7) is 1.63. The molecule has 0 bridgehead atoms. The second kappa shape index (κ2) is 7.31. The smallest absolute Gasteiger partial charge is 0.336 e. The lowest BCUT2D eigenvalue weighted by atomic mass is 10.1. The molecule has 9 nitrogen and oxygen atoms in total. The summed E-state index contributed by atoms with van der Waals surface area (Å²) >= 11 is 0. The highest BCUT2D eigenvalue weighted by molar-refractivity contribution is 5.92. The number of amides is 1. The number of hydrogen-bond acceptors (Lipinski definition) is 7. The van der Waals surface area contributed by atoms with E-state index in [4.69, 9.17) is 9.15 Å². The minimum Gasteiger partial charge on any atom is -0.484 e. The number of benzene rings is 2. The first-order chi connectivity index (χ1) is 13.6. The normalized spacial score (nSPS) is 10.8. The fourth-order valence-electron chi connectivity index (χ4n) is 2.75. The van der Waals surface area contributed by atoms with Crippen molar-refractivity contribution in [3.05, 3.63) is 70.8 Å². The van der Waals surface area contributed by atoms with Crippen molar-refractivity contribution in [2.24, 2.45) is 0 Å². The molecular formula is C19H15N5O4. The third-order valence-corrected chi connectivity index (χ3v) is 4.04. The van der Waals surface area contributed by atoms with E-state index < -0.39 is 5.63 Å². The first-order valence-corrected chi connectivity index (χ1v) is 8.39. The Morgan fingerprint density at radius 2 is 2.11 bits per heavy atom. The first-order valence-electron chi connectivity index (χ1n) is 8.39. The number of carbonyl (C=O) groups is 1. The molecule has 0 fully saturated rings. The van der Waals surface area contributed by atoms with Crippen molar-refractivity contribution in [3.63, 3.8) is 0 Å². The SMILES string of the molecule is Cc1cc(=O)oc2cc(OCC(=O)Nc3cccc(-n4cnnn4)c3)ccc12. The van der Waals surface area contributed by atoms with E-state index in [1.165, 1.54) is 17.1 Å². The van der Waals surface area contributed by atoms with Crippen LogP contribution in [0, 0.1) is 6.92 Å². The van der Waals surface area contributed by atoms with E-state index in [-0.39, 0.29) is 12.5 Å². The van der Waals surface area contributed by atoms with Crippen molar-refractivity contribution in [3.8, 4) is 11.4 Å². The highest BCUT2D eigenvalue weighted by atomic mass is 16.5. The molecule has 140 valence electrons. The Hall–Kier alpha value is -4.01. The topological polar surface area (TPSA) is 112 Å². The predicted molar refractivity (Wildman–Crippen MR) is 100 cm³/mol. The summed E-state index contributed by atoms with van der Waals surface area (Å²) in [5.41, 5.74) is 2.10. The largest absolute Gasteiger partial charge is 0.484 e. The molecule has 1 amide bonds. The lowest BCUT2D eigenvalue weighted by Crippen LogP contribution is -2.20. The van der Waals surface area contributed by atoms with E-state index in [1.807, 2.05) is 13.0 Å². The number of aryl methyl sites for hydroxylation is 1. The number of rotatable bonds is 5. The van der Waals surface area contributed by atoms with E-state index in [2.05, 4.69) is 20.8 Å². The molecule has 0 spiro atoms. The molecule has 9 heteroatoms. The van der Waals surface area contributed by atoms with E-state index in [9.17, 15) is 9.59 Å². The van der Waals surface area contributed by atoms with Gasteiger partial charge < -0.3 is 14.5 Å². The van der Waals surface area contributed by atoms with Gasteiger partial charge in [-0.05, 0) is 53.2 Å². The molecule has 0 saturated carbocycles. The number of aromatic nitrogens is 4. The minimum atomic E-state index is -0.428. The Kier molecular flexibility index (Phi) is 4.55. The average molecular weight is 377 g/mol. The number of ether oxygens (including phenoxy) is 1. The molecule has 2 aromatic heterocycles. The molecule has 4 rings (SSSR count). The number of nitrogens with one attached hydrogen (secondary N) is 1. The summed E-state index contributed by atoms with van der Waals surface area (Å²) in [5.74, 6) is 0.0958. The number of hydrogen-bond donors (Lipinski definition) is 1. The monoisotopic (exact) mass is 377 g/mol. The van der Waals surface area contributed by atoms with Crippen LogP contribution in [0.4, 0.5) is 5.69 Å². The van der Waals surface area contributed by atoms with Crippen LogP contribution in [-0.2, 0) is 4.79 Å². The van der Waals surface area contributed by atoms with Gasteiger partial charge in [-0.1, -0.05) is 6.07 Å². The highest BCUT2D eigenvalue weighted by Gasteiger charge is 2.08. The van der Waals surface area contributed by atoms with Gasteiger partial charge >= 0.3 is 5.63 Å². The number of nitrogens with zero attached hydrogens (tertiary/aromatic N) is 4. The number of carbonyl (C=O) groups excluding carboxylic acids is 1. The van der Waals surface area contributed by atoms with E-state index in [0.717, 1.165) is 10.9 Å². The summed E-state index contributed by atoms with van der Waals surface area (Å²) in [5, 5.41) is 14.5. The average Bonchev–Trinajstić information content (AvgIpc) is 3.21. The van der Waals surface area contributed by atoms with Gasteiger partial charge in [0.25, 0.3) is 5.91 Å². The fourth-order valence-corrected chi connectivity index (χ4v) is 2.75. The molecule has 0 unspecified atom stereocenters. The van der Waals surface area contributed by atoms with Crippen LogP contribution in [0.15, 0.2) is 64.1 Å². The second-order valence-electron chi connectivity index (χ2n) is 6.05. The molecule has 0 aliphatic rings. The van der Waals surface area contributed by atoms with Crippen LogP contribution < -0.4 is 15.7 Å². The van der Waals surface area contributed by atoms with Crippen LogP contribution in [0.1, 0.15) is 5.56 Å². The molecule has 0 aliphatic heterocycles. The molecule has 0 saturated heterocycles. The number of fused-ring (bicyclic) bond motifs is 1. The van der Waals surface area contributed by atoms with Crippen LogP contribution in [0.2, 0.25) is 0 Å². The third-order valence-electron chi connectivity index (χ3n) is 4.04. The Morgan fingerprint density at radius 3 is 2.93 bits per heavy atom.